The molecular weight excluding hydrogens is 270 g/mol. The molecule has 20 heavy (non-hydrogen) atoms. The Kier molecular flexibility index (Phi) is 2.70. The molecule has 5 nitrogen and oxygen atoms in total. The first kappa shape index (κ1) is 11.8. The van der Waals surface area contributed by atoms with Crippen molar-refractivity contribution >= 4 is 28.3 Å². The van der Waals surface area contributed by atoms with E-state index in [2.05, 4.69) is 43.2 Å². The Morgan fingerprint density at radius 1 is 1.35 bits per heavy atom. The van der Waals surface area contributed by atoms with Crippen LogP contribution in [0.4, 0.5) is 5.82 Å². The van der Waals surface area contributed by atoms with Crippen LogP contribution < -0.4 is 5.32 Å². The van der Waals surface area contributed by atoms with Crippen LogP contribution in [0.1, 0.15) is 29.3 Å². The third kappa shape index (κ3) is 1.96. The van der Waals surface area contributed by atoms with Gasteiger partial charge >= 0.3 is 0 Å². The number of fused-ring (bicyclic) bond motifs is 1. The molecule has 1 N–H and O–H groups in total. The number of rotatable bonds is 4. The number of hydrogen-bond acceptors (Lipinski definition) is 5. The van der Waals surface area contributed by atoms with Crippen LogP contribution in [0.2, 0.25) is 0 Å². The van der Waals surface area contributed by atoms with Crippen LogP contribution in [0.15, 0.2) is 24.1 Å². The van der Waals surface area contributed by atoms with Crippen molar-refractivity contribution in [1.82, 2.24) is 19.5 Å². The topological polar surface area (TPSA) is 55.6 Å². The highest BCUT2D eigenvalue weighted by atomic mass is 32.1. The summed E-state index contributed by atoms with van der Waals surface area (Å²) in [4.78, 5) is 14.5. The number of anilines is 1. The van der Waals surface area contributed by atoms with Gasteiger partial charge in [-0.25, -0.2) is 15.0 Å². The third-order valence-corrected chi connectivity index (χ3v) is 4.71. The maximum Gasteiger partial charge on any atom is 0.165 e. The molecule has 102 valence electrons. The molecule has 6 heteroatoms. The van der Waals surface area contributed by atoms with Gasteiger partial charge in [0, 0.05) is 10.9 Å². The summed E-state index contributed by atoms with van der Waals surface area (Å²) in [5, 5.41) is 5.50. The molecule has 3 heterocycles. The zero-order valence-electron chi connectivity index (χ0n) is 11.2. The number of imidazole rings is 1. The molecule has 0 aliphatic heterocycles. The van der Waals surface area contributed by atoms with Gasteiger partial charge in [-0.1, -0.05) is 0 Å². The summed E-state index contributed by atoms with van der Waals surface area (Å²) in [5.41, 5.74) is 3.12. The minimum absolute atomic E-state index is 0.585. The van der Waals surface area contributed by atoms with Gasteiger partial charge in [-0.3, -0.25) is 0 Å². The average Bonchev–Trinajstić information content (AvgIpc) is 3.08. The molecule has 0 bridgehead atoms. The minimum Gasteiger partial charge on any atom is -0.363 e. The first-order valence-corrected chi connectivity index (χ1v) is 7.65. The van der Waals surface area contributed by atoms with Crippen molar-refractivity contribution in [2.24, 2.45) is 0 Å². The summed E-state index contributed by atoms with van der Waals surface area (Å²) in [5.74, 6) is 0.821. The number of nitrogens with one attached hydrogen (secondary N) is 1. The van der Waals surface area contributed by atoms with Crippen LogP contribution in [-0.2, 0) is 6.54 Å². The van der Waals surface area contributed by atoms with Crippen molar-refractivity contribution in [2.45, 2.75) is 32.4 Å². The molecule has 3 aromatic heterocycles. The number of nitrogens with zero attached hydrogens (tertiary/aromatic N) is 4. The molecule has 0 saturated heterocycles. The molecule has 1 aliphatic rings. The van der Waals surface area contributed by atoms with E-state index in [0.29, 0.717) is 6.04 Å². The second-order valence-electron chi connectivity index (χ2n) is 5.16. The van der Waals surface area contributed by atoms with Crippen molar-refractivity contribution in [3.05, 3.63) is 34.5 Å². The van der Waals surface area contributed by atoms with E-state index in [9.17, 15) is 0 Å². The van der Waals surface area contributed by atoms with Gasteiger partial charge in [0.15, 0.2) is 11.5 Å². The van der Waals surface area contributed by atoms with Gasteiger partial charge in [-0.2, -0.15) is 0 Å². The Morgan fingerprint density at radius 3 is 3.00 bits per heavy atom. The first-order chi connectivity index (χ1) is 9.83. The third-order valence-electron chi connectivity index (χ3n) is 3.68. The predicted molar refractivity (Wildman–Crippen MR) is 80.0 cm³/mol. The van der Waals surface area contributed by atoms with Crippen LogP contribution in [0, 0.1) is 6.92 Å². The van der Waals surface area contributed by atoms with Crippen molar-refractivity contribution in [1.29, 1.82) is 0 Å². The number of aromatic nitrogens is 4. The van der Waals surface area contributed by atoms with Gasteiger partial charge in [-0.15, -0.1) is 11.3 Å². The fourth-order valence-electron chi connectivity index (χ4n) is 2.35. The second kappa shape index (κ2) is 4.56. The molecule has 1 aliphatic carbocycles. The summed E-state index contributed by atoms with van der Waals surface area (Å²) in [7, 11) is 0. The standard InChI is InChI=1S/C14H15N5S/c1-9-4-5-20-11(9)6-15-13-12-14(17-7-16-13)19(8-18-12)10-2-3-10/h4-5,7-8,10H,2-3,6H2,1H3,(H,15,16,17). The lowest BCUT2D eigenvalue weighted by Gasteiger charge is -2.06. The number of thiophene rings is 1. The van der Waals surface area contributed by atoms with E-state index in [0.717, 1.165) is 23.5 Å². The Labute approximate surface area is 120 Å². The van der Waals surface area contributed by atoms with Crippen LogP contribution in [0.3, 0.4) is 0 Å². The smallest absolute Gasteiger partial charge is 0.165 e. The molecule has 1 fully saturated rings. The SMILES string of the molecule is Cc1ccsc1CNc1ncnc2c1ncn2C1CC1. The average molecular weight is 285 g/mol. The van der Waals surface area contributed by atoms with Crippen molar-refractivity contribution in [3.63, 3.8) is 0 Å². The van der Waals surface area contributed by atoms with Crippen LogP contribution >= 0.6 is 11.3 Å². The maximum atomic E-state index is 4.48. The largest absolute Gasteiger partial charge is 0.363 e. The summed E-state index contributed by atoms with van der Waals surface area (Å²) >= 11 is 1.76. The van der Waals surface area contributed by atoms with E-state index in [1.165, 1.54) is 23.3 Å². The van der Waals surface area contributed by atoms with E-state index >= 15 is 0 Å². The van der Waals surface area contributed by atoms with Crippen LogP contribution in [0.25, 0.3) is 11.2 Å². The highest BCUT2D eigenvalue weighted by Gasteiger charge is 2.26. The van der Waals surface area contributed by atoms with Crippen molar-refractivity contribution in [3.8, 4) is 0 Å². The zero-order valence-corrected chi connectivity index (χ0v) is 12.0. The Balaban J connectivity index is 1.64. The van der Waals surface area contributed by atoms with Crippen LogP contribution in [0.5, 0.6) is 0 Å². The van der Waals surface area contributed by atoms with Gasteiger partial charge < -0.3 is 9.88 Å². The van der Waals surface area contributed by atoms with Gasteiger partial charge in [0.05, 0.1) is 12.9 Å². The highest BCUT2D eigenvalue weighted by Crippen LogP contribution is 2.37. The normalized spacial score (nSPS) is 14.8. The van der Waals surface area contributed by atoms with Gasteiger partial charge in [0.25, 0.3) is 0 Å². The number of aryl methyl sites for hydroxylation is 1. The second-order valence-corrected chi connectivity index (χ2v) is 6.16. The monoisotopic (exact) mass is 285 g/mol. The minimum atomic E-state index is 0.585. The lowest BCUT2D eigenvalue weighted by molar-refractivity contribution is 0.756. The lowest BCUT2D eigenvalue weighted by atomic mass is 10.3. The summed E-state index contributed by atoms with van der Waals surface area (Å²) in [6.45, 7) is 2.91. The Bertz CT molecular complexity index is 756. The van der Waals surface area contributed by atoms with Crippen molar-refractivity contribution in [2.75, 3.05) is 5.32 Å². The van der Waals surface area contributed by atoms with Gasteiger partial charge in [0.2, 0.25) is 0 Å². The van der Waals surface area contributed by atoms with Gasteiger partial charge in [-0.05, 0) is 36.8 Å². The fourth-order valence-corrected chi connectivity index (χ4v) is 3.20. The molecule has 1 saturated carbocycles. The molecule has 0 radical (unpaired) electrons. The predicted octanol–water partition coefficient (Wildman–Crippen LogP) is 3.14. The summed E-state index contributed by atoms with van der Waals surface area (Å²) in [6, 6.07) is 2.72. The molecule has 0 spiro atoms. The van der Waals surface area contributed by atoms with E-state index in [1.54, 1.807) is 17.7 Å². The molecule has 3 aromatic rings. The van der Waals surface area contributed by atoms with Gasteiger partial charge in [0.1, 0.15) is 11.8 Å². The Morgan fingerprint density at radius 2 is 2.25 bits per heavy atom. The van der Waals surface area contributed by atoms with E-state index < -0.39 is 0 Å². The summed E-state index contributed by atoms with van der Waals surface area (Å²) in [6.07, 6.45) is 5.96. The van der Waals surface area contributed by atoms with Crippen LogP contribution in [-0.4, -0.2) is 19.5 Å². The molecule has 0 amide bonds. The molecular formula is C14H15N5S. The quantitative estimate of drug-likeness (QED) is 0.800. The summed E-state index contributed by atoms with van der Waals surface area (Å²) < 4.78 is 2.17. The van der Waals surface area contributed by atoms with E-state index in [1.807, 2.05) is 6.33 Å². The molecule has 0 atom stereocenters. The highest BCUT2D eigenvalue weighted by molar-refractivity contribution is 7.10. The van der Waals surface area contributed by atoms with E-state index in [4.69, 9.17) is 0 Å². The lowest BCUT2D eigenvalue weighted by Crippen LogP contribution is -2.03. The Hall–Kier alpha value is -1.95. The number of hydrogen-bond donors (Lipinski definition) is 1. The zero-order chi connectivity index (χ0) is 13.5. The fraction of sp³-hybridized carbons (Fsp3) is 0.357. The van der Waals surface area contributed by atoms with Crippen molar-refractivity contribution < 1.29 is 0 Å². The van der Waals surface area contributed by atoms with E-state index in [-0.39, 0.29) is 0 Å². The first-order valence-electron chi connectivity index (χ1n) is 6.77. The molecule has 0 aromatic carbocycles. The maximum absolute atomic E-state index is 4.48. The molecule has 4 rings (SSSR count). The molecule has 0 unspecified atom stereocenters.